The van der Waals surface area contributed by atoms with Crippen molar-refractivity contribution in [3.63, 3.8) is 0 Å². The first-order valence-electron chi connectivity index (χ1n) is 10.2. The molecule has 2 aromatic rings. The van der Waals surface area contributed by atoms with Crippen LogP contribution in [0.1, 0.15) is 42.5 Å². The maximum absolute atomic E-state index is 9.26. The first-order valence-corrected chi connectivity index (χ1v) is 11.8. The van der Waals surface area contributed by atoms with Crippen molar-refractivity contribution in [1.82, 2.24) is 9.80 Å². The van der Waals surface area contributed by atoms with Gasteiger partial charge in [0.15, 0.2) is 0 Å². The van der Waals surface area contributed by atoms with Crippen LogP contribution in [0.25, 0.3) is 0 Å². The minimum absolute atomic E-state index is 0.252. The predicted octanol–water partition coefficient (Wildman–Crippen LogP) is 4.93. The fraction of sp³-hybridized carbons (Fsp3) is 0.478. The van der Waals surface area contributed by atoms with Gasteiger partial charge in [-0.2, -0.15) is 0 Å². The number of rotatable bonds is 4. The molecule has 4 rings (SSSR count). The summed E-state index contributed by atoms with van der Waals surface area (Å²) in [5.74, 6) is 0.539. The van der Waals surface area contributed by atoms with Crippen molar-refractivity contribution in [2.45, 2.75) is 42.0 Å². The molecule has 28 heavy (non-hydrogen) atoms. The molecule has 0 bridgehead atoms. The SMILES string of the molecule is CC(C)c1ccc2c(c1)[C@H](N1CCN(CCO)CC1)Cc1cc(Br)ccc1S2. The number of nitrogens with zero attached hydrogens (tertiary/aromatic N) is 2. The average molecular weight is 461 g/mol. The van der Waals surface area contributed by atoms with E-state index < -0.39 is 0 Å². The van der Waals surface area contributed by atoms with Crippen LogP contribution in [0.4, 0.5) is 0 Å². The van der Waals surface area contributed by atoms with Crippen molar-refractivity contribution in [1.29, 1.82) is 0 Å². The molecule has 0 unspecified atom stereocenters. The van der Waals surface area contributed by atoms with Crippen LogP contribution in [0.2, 0.25) is 0 Å². The number of aliphatic hydroxyl groups excluding tert-OH is 1. The second-order valence-corrected chi connectivity index (χ2v) is 10.1. The van der Waals surface area contributed by atoms with Gasteiger partial charge in [0.05, 0.1) is 6.61 Å². The van der Waals surface area contributed by atoms with E-state index in [1.165, 1.54) is 26.5 Å². The van der Waals surface area contributed by atoms with Crippen LogP contribution in [0.5, 0.6) is 0 Å². The summed E-state index contributed by atoms with van der Waals surface area (Å²) < 4.78 is 1.16. The zero-order chi connectivity index (χ0) is 19.7. The molecular formula is C23H29BrN2OS. The van der Waals surface area contributed by atoms with E-state index >= 15 is 0 Å². The summed E-state index contributed by atoms with van der Waals surface area (Å²) in [5, 5.41) is 9.26. The van der Waals surface area contributed by atoms with Gasteiger partial charge < -0.3 is 5.11 Å². The van der Waals surface area contributed by atoms with Gasteiger partial charge in [-0.3, -0.25) is 9.80 Å². The molecular weight excluding hydrogens is 432 g/mol. The monoisotopic (exact) mass is 460 g/mol. The smallest absolute Gasteiger partial charge is 0.0558 e. The molecule has 2 aromatic carbocycles. The van der Waals surface area contributed by atoms with E-state index in [9.17, 15) is 5.11 Å². The lowest BCUT2D eigenvalue weighted by Gasteiger charge is -2.39. The number of β-amino-alcohol motifs (C(OH)–C–C–N with tert-alkyl or cyclic N) is 1. The largest absolute Gasteiger partial charge is 0.395 e. The van der Waals surface area contributed by atoms with Gasteiger partial charge in [0, 0.05) is 53.0 Å². The lowest BCUT2D eigenvalue weighted by atomic mass is 9.93. The first kappa shape index (κ1) is 20.4. The van der Waals surface area contributed by atoms with Gasteiger partial charge in [-0.1, -0.05) is 53.7 Å². The topological polar surface area (TPSA) is 26.7 Å². The normalized spacial score (nSPS) is 20.7. The van der Waals surface area contributed by atoms with Crippen LogP contribution < -0.4 is 0 Å². The van der Waals surface area contributed by atoms with Gasteiger partial charge in [0.25, 0.3) is 0 Å². The van der Waals surface area contributed by atoms with Crippen LogP contribution in [-0.4, -0.2) is 54.2 Å². The van der Waals surface area contributed by atoms with Crippen molar-refractivity contribution < 1.29 is 5.11 Å². The zero-order valence-electron chi connectivity index (χ0n) is 16.7. The Labute approximate surface area is 181 Å². The van der Waals surface area contributed by atoms with E-state index in [1.54, 1.807) is 0 Å². The number of hydrogen-bond donors (Lipinski definition) is 1. The minimum Gasteiger partial charge on any atom is -0.395 e. The van der Waals surface area contributed by atoms with Crippen molar-refractivity contribution in [3.05, 3.63) is 57.6 Å². The molecule has 5 heteroatoms. The highest BCUT2D eigenvalue weighted by Gasteiger charge is 2.30. The quantitative estimate of drug-likeness (QED) is 0.699. The number of benzene rings is 2. The highest BCUT2D eigenvalue weighted by Crippen LogP contribution is 2.44. The number of halogens is 1. The summed E-state index contributed by atoms with van der Waals surface area (Å²) in [5.41, 5.74) is 4.35. The van der Waals surface area contributed by atoms with E-state index in [-0.39, 0.29) is 6.61 Å². The first-order chi connectivity index (χ1) is 13.5. The Morgan fingerprint density at radius 2 is 1.82 bits per heavy atom. The molecule has 0 radical (unpaired) electrons. The Bertz CT molecular complexity index is 833. The molecule has 2 heterocycles. The maximum Gasteiger partial charge on any atom is 0.0558 e. The molecule has 0 spiro atoms. The molecule has 0 aromatic heterocycles. The summed E-state index contributed by atoms with van der Waals surface area (Å²) in [6, 6.07) is 14.2. The summed E-state index contributed by atoms with van der Waals surface area (Å²) in [7, 11) is 0. The van der Waals surface area contributed by atoms with Crippen LogP contribution in [0.3, 0.4) is 0 Å². The van der Waals surface area contributed by atoms with Gasteiger partial charge in [0.2, 0.25) is 0 Å². The van der Waals surface area contributed by atoms with Gasteiger partial charge in [-0.05, 0) is 53.3 Å². The number of hydrogen-bond acceptors (Lipinski definition) is 4. The Morgan fingerprint density at radius 1 is 1.07 bits per heavy atom. The van der Waals surface area contributed by atoms with Gasteiger partial charge >= 0.3 is 0 Å². The van der Waals surface area contributed by atoms with E-state index in [2.05, 4.69) is 76.0 Å². The van der Waals surface area contributed by atoms with E-state index in [1.807, 2.05) is 11.8 Å². The number of fused-ring (bicyclic) bond motifs is 2. The van der Waals surface area contributed by atoms with Crippen LogP contribution in [-0.2, 0) is 6.42 Å². The summed E-state index contributed by atoms with van der Waals surface area (Å²) in [6.07, 6.45) is 1.05. The Morgan fingerprint density at radius 3 is 2.54 bits per heavy atom. The maximum atomic E-state index is 9.26. The standard InChI is InChI=1S/C23H29BrN2OS/c1-16(2)17-3-5-23-20(14-17)21(26-9-7-25(8-10-26)11-12-27)15-18-13-19(24)4-6-22(18)28-23/h3-6,13-14,16,21,27H,7-12,15H2,1-2H3/t21-/m1/s1. The molecule has 150 valence electrons. The lowest BCUT2D eigenvalue weighted by Crippen LogP contribution is -2.48. The fourth-order valence-electron chi connectivity index (χ4n) is 4.29. The molecule has 2 aliphatic rings. The van der Waals surface area contributed by atoms with E-state index in [4.69, 9.17) is 0 Å². The second-order valence-electron chi connectivity index (χ2n) is 8.13. The molecule has 1 atom stereocenters. The molecule has 1 saturated heterocycles. The van der Waals surface area contributed by atoms with Crippen molar-refractivity contribution >= 4 is 27.7 Å². The molecule has 0 amide bonds. The van der Waals surface area contributed by atoms with E-state index in [0.29, 0.717) is 12.0 Å². The Balaban J connectivity index is 1.70. The Kier molecular flexibility index (Phi) is 6.48. The average Bonchev–Trinajstić information content (AvgIpc) is 2.84. The van der Waals surface area contributed by atoms with Crippen molar-refractivity contribution in [3.8, 4) is 0 Å². The molecule has 1 N–H and O–H groups in total. The molecule has 2 aliphatic heterocycles. The van der Waals surface area contributed by atoms with Crippen molar-refractivity contribution in [2.24, 2.45) is 0 Å². The fourth-order valence-corrected chi connectivity index (χ4v) is 5.79. The van der Waals surface area contributed by atoms with Crippen LogP contribution >= 0.6 is 27.7 Å². The zero-order valence-corrected chi connectivity index (χ0v) is 19.1. The summed E-state index contributed by atoms with van der Waals surface area (Å²) >= 11 is 5.59. The molecule has 3 nitrogen and oxygen atoms in total. The number of aliphatic hydroxyl groups is 1. The molecule has 0 saturated carbocycles. The third-order valence-electron chi connectivity index (χ3n) is 5.98. The third-order valence-corrected chi connectivity index (χ3v) is 7.68. The minimum atomic E-state index is 0.252. The van der Waals surface area contributed by atoms with Gasteiger partial charge in [-0.25, -0.2) is 0 Å². The predicted molar refractivity (Wildman–Crippen MR) is 120 cm³/mol. The van der Waals surface area contributed by atoms with Crippen LogP contribution in [0.15, 0.2) is 50.7 Å². The highest BCUT2D eigenvalue weighted by molar-refractivity contribution is 9.10. The second kappa shape index (κ2) is 8.88. The number of piperazine rings is 1. The summed E-state index contributed by atoms with van der Waals surface area (Å²) in [4.78, 5) is 7.81. The summed E-state index contributed by atoms with van der Waals surface area (Å²) in [6.45, 7) is 9.79. The van der Waals surface area contributed by atoms with Gasteiger partial charge in [0.1, 0.15) is 0 Å². The molecule has 1 fully saturated rings. The van der Waals surface area contributed by atoms with Crippen LogP contribution in [0, 0.1) is 0 Å². The molecule has 0 aliphatic carbocycles. The third kappa shape index (κ3) is 4.34. The van der Waals surface area contributed by atoms with Crippen molar-refractivity contribution in [2.75, 3.05) is 39.3 Å². The van der Waals surface area contributed by atoms with E-state index in [0.717, 1.165) is 43.6 Å². The highest BCUT2D eigenvalue weighted by atomic mass is 79.9. The Hall–Kier alpha value is -0.850. The van der Waals surface area contributed by atoms with Gasteiger partial charge in [-0.15, -0.1) is 0 Å². The lowest BCUT2D eigenvalue weighted by molar-refractivity contribution is 0.0823.